The van der Waals surface area contributed by atoms with Gasteiger partial charge in [-0.1, -0.05) is 43.0 Å². The van der Waals surface area contributed by atoms with Gasteiger partial charge in [0, 0.05) is 44.8 Å². The van der Waals surface area contributed by atoms with Crippen LogP contribution in [0.15, 0.2) is 79.8 Å². The van der Waals surface area contributed by atoms with Gasteiger partial charge >= 0.3 is 6.18 Å². The van der Waals surface area contributed by atoms with Crippen molar-refractivity contribution in [1.29, 1.82) is 0 Å². The van der Waals surface area contributed by atoms with E-state index in [0.29, 0.717) is 22.3 Å². The maximum absolute atomic E-state index is 13.2. The van der Waals surface area contributed by atoms with Crippen molar-refractivity contribution in [3.8, 4) is 11.1 Å². The molecule has 3 aromatic rings. The Bertz CT molecular complexity index is 1260. The lowest BCUT2D eigenvalue weighted by Crippen LogP contribution is -2.26. The average molecular weight is 495 g/mol. The summed E-state index contributed by atoms with van der Waals surface area (Å²) in [5.41, 5.74) is 9.49. The first-order chi connectivity index (χ1) is 17.0. The fourth-order valence-electron chi connectivity index (χ4n) is 3.76. The van der Waals surface area contributed by atoms with Crippen LogP contribution in [0, 0.1) is 0 Å². The summed E-state index contributed by atoms with van der Waals surface area (Å²) in [6.07, 6.45) is 2.30. The van der Waals surface area contributed by atoms with Crippen LogP contribution in [0.3, 0.4) is 0 Å². The molecule has 8 heteroatoms. The van der Waals surface area contributed by atoms with E-state index in [9.17, 15) is 18.0 Å². The lowest BCUT2D eigenvalue weighted by molar-refractivity contribution is -0.137. The Hall–Kier alpha value is -3.91. The van der Waals surface area contributed by atoms with Crippen LogP contribution in [0.25, 0.3) is 16.7 Å². The Kier molecular flexibility index (Phi) is 8.32. The molecule has 0 fully saturated rings. The molecule has 1 amide bonds. The van der Waals surface area contributed by atoms with Crippen LogP contribution in [0.5, 0.6) is 0 Å². The monoisotopic (exact) mass is 494 g/mol. The standard InChI is InChI=1S/C28H29F3N4O/c1-5-19(17-35(3)4)23-12-24(16-33-15-23)27(36)34-18(2)20-6-8-21(9-7-20)26-13-25(28(29,30)31)11-10-22(26)14-32/h5-13,15-18H,1,14,32H2,2-4H3,(H,34,36)/b19-17+. The summed E-state index contributed by atoms with van der Waals surface area (Å²) in [5.74, 6) is -0.294. The van der Waals surface area contributed by atoms with Crippen LogP contribution < -0.4 is 11.1 Å². The van der Waals surface area contributed by atoms with Crippen LogP contribution in [0.4, 0.5) is 13.2 Å². The van der Waals surface area contributed by atoms with Crippen LogP contribution in [-0.2, 0) is 12.7 Å². The summed E-state index contributed by atoms with van der Waals surface area (Å²) in [5, 5.41) is 2.94. The van der Waals surface area contributed by atoms with Crippen molar-refractivity contribution in [1.82, 2.24) is 15.2 Å². The summed E-state index contributed by atoms with van der Waals surface area (Å²) in [6.45, 7) is 5.77. The first-order valence-electron chi connectivity index (χ1n) is 11.3. The van der Waals surface area contributed by atoms with Gasteiger partial charge in [-0.3, -0.25) is 9.78 Å². The first kappa shape index (κ1) is 26.7. The summed E-state index contributed by atoms with van der Waals surface area (Å²) in [7, 11) is 3.79. The smallest absolute Gasteiger partial charge is 0.383 e. The molecule has 5 nitrogen and oxygen atoms in total. The van der Waals surface area contributed by atoms with Crippen molar-refractivity contribution in [3.63, 3.8) is 0 Å². The summed E-state index contributed by atoms with van der Waals surface area (Å²) < 4.78 is 39.6. The van der Waals surface area contributed by atoms with E-state index in [1.165, 1.54) is 12.3 Å². The number of rotatable bonds is 8. The Morgan fingerprint density at radius 3 is 2.36 bits per heavy atom. The second-order valence-corrected chi connectivity index (χ2v) is 8.61. The van der Waals surface area contributed by atoms with E-state index in [1.54, 1.807) is 42.6 Å². The highest BCUT2D eigenvalue weighted by Gasteiger charge is 2.31. The van der Waals surface area contributed by atoms with Gasteiger partial charge in [0.15, 0.2) is 0 Å². The number of aromatic nitrogens is 1. The van der Waals surface area contributed by atoms with Crippen molar-refractivity contribution >= 4 is 11.5 Å². The third-order valence-electron chi connectivity index (χ3n) is 5.68. The van der Waals surface area contributed by atoms with Crippen LogP contribution in [0.1, 0.15) is 45.6 Å². The molecule has 0 aliphatic heterocycles. The zero-order valence-corrected chi connectivity index (χ0v) is 20.4. The third-order valence-corrected chi connectivity index (χ3v) is 5.68. The fraction of sp³-hybridized carbons (Fsp3) is 0.214. The van der Waals surface area contributed by atoms with Gasteiger partial charge in [-0.05, 0) is 52.9 Å². The number of carbonyl (C=O) groups excluding carboxylic acids is 1. The van der Waals surface area contributed by atoms with E-state index in [1.807, 2.05) is 32.1 Å². The van der Waals surface area contributed by atoms with Crippen LogP contribution >= 0.6 is 0 Å². The molecule has 1 heterocycles. The predicted molar refractivity (Wildman–Crippen MR) is 137 cm³/mol. The number of nitrogens with zero attached hydrogens (tertiary/aromatic N) is 2. The maximum atomic E-state index is 13.2. The number of halogens is 3. The van der Waals surface area contributed by atoms with E-state index in [0.717, 1.165) is 28.8 Å². The van der Waals surface area contributed by atoms with Crippen LogP contribution in [0.2, 0.25) is 0 Å². The van der Waals surface area contributed by atoms with Gasteiger partial charge in [-0.15, -0.1) is 0 Å². The fourth-order valence-corrected chi connectivity index (χ4v) is 3.76. The van der Waals surface area contributed by atoms with Crippen molar-refractivity contribution in [2.45, 2.75) is 25.7 Å². The van der Waals surface area contributed by atoms with E-state index >= 15 is 0 Å². The molecule has 2 aromatic carbocycles. The number of pyridine rings is 1. The summed E-state index contributed by atoms with van der Waals surface area (Å²) in [4.78, 5) is 19.0. The highest BCUT2D eigenvalue weighted by molar-refractivity contribution is 5.95. The van der Waals surface area contributed by atoms with E-state index in [4.69, 9.17) is 5.73 Å². The molecule has 0 spiro atoms. The number of amides is 1. The Morgan fingerprint density at radius 1 is 1.11 bits per heavy atom. The number of carbonyl (C=O) groups is 1. The van der Waals surface area contributed by atoms with Gasteiger partial charge < -0.3 is 16.0 Å². The van der Waals surface area contributed by atoms with Crippen molar-refractivity contribution in [2.24, 2.45) is 5.73 Å². The molecule has 3 rings (SSSR count). The minimum atomic E-state index is -4.44. The first-order valence-corrected chi connectivity index (χ1v) is 11.3. The highest BCUT2D eigenvalue weighted by atomic mass is 19.4. The summed E-state index contributed by atoms with van der Waals surface area (Å²) >= 11 is 0. The number of alkyl halides is 3. The van der Waals surface area contributed by atoms with E-state index in [-0.39, 0.29) is 18.5 Å². The number of hydrogen-bond acceptors (Lipinski definition) is 4. The number of nitrogens with one attached hydrogen (secondary N) is 1. The molecule has 36 heavy (non-hydrogen) atoms. The molecule has 0 saturated carbocycles. The lowest BCUT2D eigenvalue weighted by atomic mass is 9.95. The molecule has 0 bridgehead atoms. The average Bonchev–Trinajstić information content (AvgIpc) is 2.86. The lowest BCUT2D eigenvalue weighted by Gasteiger charge is -2.17. The Morgan fingerprint density at radius 2 is 1.78 bits per heavy atom. The molecule has 188 valence electrons. The van der Waals surface area contributed by atoms with Crippen LogP contribution in [-0.4, -0.2) is 29.9 Å². The number of nitrogens with two attached hydrogens (primary N) is 1. The molecular formula is C28H29F3N4O. The molecule has 0 aliphatic rings. The third kappa shape index (κ3) is 6.40. The molecular weight excluding hydrogens is 465 g/mol. The van der Waals surface area contributed by atoms with Gasteiger partial charge in [0.2, 0.25) is 0 Å². The van der Waals surface area contributed by atoms with Crippen molar-refractivity contribution < 1.29 is 18.0 Å². The molecule has 1 atom stereocenters. The molecule has 0 aliphatic carbocycles. The highest BCUT2D eigenvalue weighted by Crippen LogP contribution is 2.34. The minimum absolute atomic E-state index is 0.117. The molecule has 0 saturated heterocycles. The van der Waals surface area contributed by atoms with Gasteiger partial charge in [0.05, 0.1) is 17.2 Å². The van der Waals surface area contributed by atoms with Gasteiger partial charge in [-0.25, -0.2) is 0 Å². The number of allylic oxidation sites excluding steroid dienone is 2. The number of benzene rings is 2. The second-order valence-electron chi connectivity index (χ2n) is 8.61. The summed E-state index contributed by atoms with van der Waals surface area (Å²) in [6, 6.07) is 12.0. The second kappa shape index (κ2) is 11.2. The SMILES string of the molecule is C=C/C(=C\N(C)C)c1cncc(C(=O)NC(C)c2ccc(-c3cc(C(F)(F)F)ccc3CN)cc2)c1. The molecule has 1 aromatic heterocycles. The van der Waals surface area contributed by atoms with E-state index < -0.39 is 11.7 Å². The number of hydrogen-bond donors (Lipinski definition) is 2. The Balaban J connectivity index is 1.80. The normalized spacial score (nSPS) is 12.7. The largest absolute Gasteiger partial charge is 0.416 e. The minimum Gasteiger partial charge on any atom is -0.383 e. The zero-order valence-electron chi connectivity index (χ0n) is 20.4. The quantitative estimate of drug-likeness (QED) is 0.388. The van der Waals surface area contributed by atoms with Crippen molar-refractivity contribution in [3.05, 3.63) is 108 Å². The zero-order chi connectivity index (χ0) is 26.5. The molecule has 1 unspecified atom stereocenters. The van der Waals surface area contributed by atoms with Gasteiger partial charge in [0.25, 0.3) is 5.91 Å². The van der Waals surface area contributed by atoms with Gasteiger partial charge in [-0.2, -0.15) is 13.2 Å². The van der Waals surface area contributed by atoms with E-state index in [2.05, 4.69) is 16.9 Å². The maximum Gasteiger partial charge on any atom is 0.416 e. The molecule has 0 radical (unpaired) electrons. The topological polar surface area (TPSA) is 71.2 Å². The Labute approximate surface area is 209 Å². The predicted octanol–water partition coefficient (Wildman–Crippen LogP) is 5.81. The van der Waals surface area contributed by atoms with Gasteiger partial charge in [0.1, 0.15) is 0 Å². The molecule has 3 N–H and O–H groups in total. The van der Waals surface area contributed by atoms with Crippen molar-refractivity contribution in [2.75, 3.05) is 14.1 Å².